The fraction of sp³-hybridized carbons (Fsp3) is 0.200. The average molecular weight is 338 g/mol. The molecular formula is C20H19FN2O2. The zero-order valence-corrected chi connectivity index (χ0v) is 14.2. The van der Waals surface area contributed by atoms with Gasteiger partial charge in [-0.3, -0.25) is 4.68 Å². The third kappa shape index (κ3) is 3.76. The Labute approximate surface area is 145 Å². The molecule has 0 atom stereocenters. The average Bonchev–Trinajstić information content (AvgIpc) is 2.88. The van der Waals surface area contributed by atoms with Gasteiger partial charge in [0.05, 0.1) is 17.9 Å². The summed E-state index contributed by atoms with van der Waals surface area (Å²) in [7, 11) is 0. The number of benzene rings is 2. The van der Waals surface area contributed by atoms with Crippen molar-refractivity contribution in [1.82, 2.24) is 9.78 Å². The maximum atomic E-state index is 13.6. The topological polar surface area (TPSA) is 44.1 Å². The minimum absolute atomic E-state index is 0.103. The number of halogens is 1. The van der Waals surface area contributed by atoms with Gasteiger partial charge in [-0.05, 0) is 25.5 Å². The Kier molecular flexibility index (Phi) is 4.93. The second-order valence-corrected chi connectivity index (χ2v) is 5.86. The van der Waals surface area contributed by atoms with Crippen LogP contribution in [0.25, 0.3) is 0 Å². The van der Waals surface area contributed by atoms with Crippen molar-refractivity contribution in [3.05, 3.63) is 88.5 Å². The summed E-state index contributed by atoms with van der Waals surface area (Å²) < 4.78 is 20.7. The summed E-state index contributed by atoms with van der Waals surface area (Å²) >= 11 is 0. The molecule has 1 aromatic heterocycles. The molecule has 4 nitrogen and oxygen atoms in total. The van der Waals surface area contributed by atoms with Crippen LogP contribution < -0.4 is 0 Å². The van der Waals surface area contributed by atoms with E-state index in [9.17, 15) is 9.18 Å². The molecule has 0 aliphatic heterocycles. The summed E-state index contributed by atoms with van der Waals surface area (Å²) in [4.78, 5) is 12.4. The van der Waals surface area contributed by atoms with Gasteiger partial charge in [0.2, 0.25) is 0 Å². The molecule has 3 rings (SSSR count). The lowest BCUT2D eigenvalue weighted by Crippen LogP contribution is -2.09. The summed E-state index contributed by atoms with van der Waals surface area (Å²) in [6.45, 7) is 4.08. The van der Waals surface area contributed by atoms with Gasteiger partial charge in [0.15, 0.2) is 0 Å². The molecule has 0 fully saturated rings. The van der Waals surface area contributed by atoms with Gasteiger partial charge in [-0.15, -0.1) is 0 Å². The number of nitrogens with zero attached hydrogens (tertiary/aromatic N) is 2. The smallest absolute Gasteiger partial charge is 0.342 e. The highest BCUT2D eigenvalue weighted by atomic mass is 19.1. The standard InChI is InChI=1S/C20H19FN2O2/c1-14-19(20(24)25-13-17-10-6-7-11-18(17)21)15(2)23(22-14)12-16-8-4-3-5-9-16/h3-11H,12-13H2,1-2H3. The molecule has 0 saturated heterocycles. The van der Waals surface area contributed by atoms with E-state index in [1.807, 2.05) is 37.3 Å². The quantitative estimate of drug-likeness (QED) is 0.659. The number of hydrogen-bond acceptors (Lipinski definition) is 3. The maximum Gasteiger partial charge on any atom is 0.342 e. The van der Waals surface area contributed by atoms with Crippen molar-refractivity contribution in [2.24, 2.45) is 0 Å². The van der Waals surface area contributed by atoms with Crippen molar-refractivity contribution in [3.63, 3.8) is 0 Å². The zero-order valence-electron chi connectivity index (χ0n) is 14.2. The van der Waals surface area contributed by atoms with E-state index in [1.54, 1.807) is 29.8 Å². The van der Waals surface area contributed by atoms with Crippen LogP contribution in [0.3, 0.4) is 0 Å². The molecular weight excluding hydrogens is 319 g/mol. The van der Waals surface area contributed by atoms with Gasteiger partial charge in [0.1, 0.15) is 18.0 Å². The van der Waals surface area contributed by atoms with Crippen LogP contribution in [0.2, 0.25) is 0 Å². The van der Waals surface area contributed by atoms with Crippen molar-refractivity contribution in [3.8, 4) is 0 Å². The molecule has 0 N–H and O–H groups in total. The summed E-state index contributed by atoms with van der Waals surface area (Å²) in [5, 5.41) is 4.44. The Morgan fingerprint density at radius 1 is 1.08 bits per heavy atom. The lowest BCUT2D eigenvalue weighted by Gasteiger charge is -2.07. The molecule has 0 unspecified atom stereocenters. The molecule has 2 aromatic carbocycles. The summed E-state index contributed by atoms with van der Waals surface area (Å²) in [6, 6.07) is 16.1. The van der Waals surface area contributed by atoms with Crippen molar-refractivity contribution in [2.75, 3.05) is 0 Å². The van der Waals surface area contributed by atoms with E-state index in [1.165, 1.54) is 6.07 Å². The third-order valence-corrected chi connectivity index (χ3v) is 4.08. The van der Waals surface area contributed by atoms with E-state index in [4.69, 9.17) is 4.74 Å². The highest BCUT2D eigenvalue weighted by Gasteiger charge is 2.20. The number of carbonyl (C=O) groups excluding carboxylic acids is 1. The third-order valence-electron chi connectivity index (χ3n) is 4.08. The molecule has 3 aromatic rings. The van der Waals surface area contributed by atoms with Gasteiger partial charge in [-0.2, -0.15) is 5.10 Å². The van der Waals surface area contributed by atoms with Crippen LogP contribution >= 0.6 is 0 Å². The van der Waals surface area contributed by atoms with Crippen molar-refractivity contribution in [1.29, 1.82) is 0 Å². The summed E-state index contributed by atoms with van der Waals surface area (Å²) in [5.74, 6) is -0.874. The van der Waals surface area contributed by atoms with E-state index < -0.39 is 5.97 Å². The number of ether oxygens (including phenoxy) is 1. The van der Waals surface area contributed by atoms with Crippen LogP contribution in [-0.4, -0.2) is 15.7 Å². The first kappa shape index (κ1) is 16.9. The van der Waals surface area contributed by atoms with Gasteiger partial charge >= 0.3 is 5.97 Å². The summed E-state index contributed by atoms with van der Waals surface area (Å²) in [5.41, 5.74) is 3.22. The van der Waals surface area contributed by atoms with Crippen LogP contribution in [0.5, 0.6) is 0 Å². The van der Waals surface area contributed by atoms with E-state index in [0.29, 0.717) is 23.4 Å². The predicted octanol–water partition coefficient (Wildman–Crippen LogP) is 4.04. The normalized spacial score (nSPS) is 10.7. The lowest BCUT2D eigenvalue weighted by molar-refractivity contribution is 0.0467. The summed E-state index contributed by atoms with van der Waals surface area (Å²) in [6.07, 6.45) is 0. The highest BCUT2D eigenvalue weighted by Crippen LogP contribution is 2.17. The molecule has 0 aliphatic rings. The molecule has 0 saturated carbocycles. The molecule has 0 bridgehead atoms. The van der Waals surface area contributed by atoms with E-state index in [0.717, 1.165) is 11.3 Å². The molecule has 0 amide bonds. The van der Waals surface area contributed by atoms with Crippen LogP contribution in [0, 0.1) is 19.7 Å². The monoisotopic (exact) mass is 338 g/mol. The molecule has 0 spiro atoms. The van der Waals surface area contributed by atoms with E-state index in [2.05, 4.69) is 5.10 Å². The van der Waals surface area contributed by atoms with E-state index >= 15 is 0 Å². The number of aryl methyl sites for hydroxylation is 1. The van der Waals surface area contributed by atoms with Crippen molar-refractivity contribution < 1.29 is 13.9 Å². The number of rotatable bonds is 5. The highest BCUT2D eigenvalue weighted by molar-refractivity contribution is 5.91. The second kappa shape index (κ2) is 7.30. The number of esters is 1. The fourth-order valence-electron chi connectivity index (χ4n) is 2.73. The molecule has 5 heteroatoms. The number of aromatic nitrogens is 2. The Morgan fingerprint density at radius 3 is 2.48 bits per heavy atom. The van der Waals surface area contributed by atoms with Crippen LogP contribution in [-0.2, 0) is 17.9 Å². The Bertz CT molecular complexity index is 888. The van der Waals surface area contributed by atoms with Crippen molar-refractivity contribution >= 4 is 5.97 Å². The van der Waals surface area contributed by atoms with Gasteiger partial charge in [0, 0.05) is 5.56 Å². The Hall–Kier alpha value is -2.95. The van der Waals surface area contributed by atoms with Gasteiger partial charge in [-0.25, -0.2) is 9.18 Å². The Balaban J connectivity index is 1.76. The predicted molar refractivity (Wildman–Crippen MR) is 92.8 cm³/mol. The van der Waals surface area contributed by atoms with Crippen LogP contribution in [0.4, 0.5) is 4.39 Å². The first-order valence-corrected chi connectivity index (χ1v) is 8.04. The maximum absolute atomic E-state index is 13.6. The van der Waals surface area contributed by atoms with Gasteiger partial charge in [0.25, 0.3) is 0 Å². The van der Waals surface area contributed by atoms with Crippen LogP contribution in [0.1, 0.15) is 32.9 Å². The number of carbonyl (C=O) groups is 1. The van der Waals surface area contributed by atoms with E-state index in [-0.39, 0.29) is 12.4 Å². The first-order chi connectivity index (χ1) is 12.1. The minimum atomic E-state index is -0.488. The largest absolute Gasteiger partial charge is 0.457 e. The lowest BCUT2D eigenvalue weighted by atomic mass is 10.2. The number of hydrogen-bond donors (Lipinski definition) is 0. The molecule has 25 heavy (non-hydrogen) atoms. The van der Waals surface area contributed by atoms with Crippen molar-refractivity contribution in [2.45, 2.75) is 27.0 Å². The second-order valence-electron chi connectivity index (χ2n) is 5.86. The SMILES string of the molecule is Cc1nn(Cc2ccccc2)c(C)c1C(=O)OCc1ccccc1F. The fourth-order valence-corrected chi connectivity index (χ4v) is 2.73. The van der Waals surface area contributed by atoms with Crippen LogP contribution in [0.15, 0.2) is 54.6 Å². The van der Waals surface area contributed by atoms with Gasteiger partial charge < -0.3 is 4.74 Å². The molecule has 128 valence electrons. The first-order valence-electron chi connectivity index (χ1n) is 8.04. The Morgan fingerprint density at radius 2 is 1.76 bits per heavy atom. The van der Waals surface area contributed by atoms with Gasteiger partial charge in [-0.1, -0.05) is 48.5 Å². The molecule has 0 radical (unpaired) electrons. The zero-order chi connectivity index (χ0) is 17.8. The minimum Gasteiger partial charge on any atom is -0.457 e. The molecule has 1 heterocycles. The molecule has 0 aliphatic carbocycles.